The van der Waals surface area contributed by atoms with E-state index in [1.807, 2.05) is 19.9 Å². The van der Waals surface area contributed by atoms with Crippen molar-refractivity contribution in [2.45, 2.75) is 13.8 Å². The van der Waals surface area contributed by atoms with Crippen molar-refractivity contribution in [1.29, 1.82) is 0 Å². The Labute approximate surface area is 86.8 Å². The number of H-pyrrole nitrogens is 1. The maximum Gasteiger partial charge on any atom is 0.122 e. The normalized spacial score (nSPS) is 10.4. The van der Waals surface area contributed by atoms with E-state index in [-0.39, 0.29) is 0 Å². The van der Waals surface area contributed by atoms with Gasteiger partial charge in [-0.3, -0.25) is 5.10 Å². The highest BCUT2D eigenvalue weighted by molar-refractivity contribution is 7.71. The quantitative estimate of drug-likeness (QED) is 0.729. The first-order valence-electron chi connectivity index (χ1n) is 4.28. The number of nitrogens with zero attached hydrogens (tertiary/aromatic N) is 1. The zero-order chi connectivity index (χ0) is 10.1. The molecule has 0 spiro atoms. The lowest BCUT2D eigenvalue weighted by atomic mass is 10.1. The Morgan fingerprint density at radius 3 is 2.79 bits per heavy atom. The van der Waals surface area contributed by atoms with Gasteiger partial charge in [0.2, 0.25) is 0 Å². The summed E-state index contributed by atoms with van der Waals surface area (Å²) in [7, 11) is 0. The molecular formula is C10H10N2OS. The second kappa shape index (κ2) is 3.38. The highest BCUT2D eigenvalue weighted by Gasteiger charge is 2.07. The average Bonchev–Trinajstić information content (AvgIpc) is 2.67. The molecule has 3 nitrogen and oxygen atoms in total. The van der Waals surface area contributed by atoms with Gasteiger partial charge in [0.25, 0.3) is 0 Å². The van der Waals surface area contributed by atoms with E-state index in [1.165, 1.54) is 0 Å². The van der Waals surface area contributed by atoms with E-state index in [1.54, 1.807) is 12.5 Å². The van der Waals surface area contributed by atoms with Gasteiger partial charge in [0.05, 0.1) is 18.2 Å². The molecule has 72 valence electrons. The average molecular weight is 206 g/mol. The minimum Gasteiger partial charge on any atom is -0.472 e. The number of aromatic nitrogens is 2. The van der Waals surface area contributed by atoms with Crippen LogP contribution < -0.4 is 0 Å². The number of nitrogens with one attached hydrogen (secondary N) is 1. The SMILES string of the molecule is Cc1c(-c2ccoc2)n[nH]c(=S)c1C. The van der Waals surface area contributed by atoms with Crippen molar-refractivity contribution in [3.05, 3.63) is 34.4 Å². The Morgan fingerprint density at radius 2 is 2.14 bits per heavy atom. The van der Waals surface area contributed by atoms with Crippen LogP contribution in [0.3, 0.4) is 0 Å². The lowest BCUT2D eigenvalue weighted by Crippen LogP contribution is -1.95. The molecule has 0 bridgehead atoms. The van der Waals surface area contributed by atoms with Gasteiger partial charge in [-0.25, -0.2) is 0 Å². The number of rotatable bonds is 1. The van der Waals surface area contributed by atoms with Crippen molar-refractivity contribution in [2.24, 2.45) is 0 Å². The molecule has 0 amide bonds. The predicted molar refractivity (Wildman–Crippen MR) is 56.6 cm³/mol. The van der Waals surface area contributed by atoms with Crippen LogP contribution in [-0.2, 0) is 0 Å². The molecule has 0 aliphatic rings. The summed E-state index contributed by atoms with van der Waals surface area (Å²) >= 11 is 5.09. The molecule has 1 N–H and O–H groups in total. The summed E-state index contributed by atoms with van der Waals surface area (Å²) < 4.78 is 5.70. The van der Waals surface area contributed by atoms with Gasteiger partial charge in [-0.15, -0.1) is 0 Å². The van der Waals surface area contributed by atoms with Gasteiger partial charge in [-0.2, -0.15) is 5.10 Å². The monoisotopic (exact) mass is 206 g/mol. The molecule has 14 heavy (non-hydrogen) atoms. The van der Waals surface area contributed by atoms with Crippen LogP contribution in [0, 0.1) is 18.5 Å². The van der Waals surface area contributed by atoms with Crippen molar-refractivity contribution in [3.63, 3.8) is 0 Å². The molecule has 0 aromatic carbocycles. The van der Waals surface area contributed by atoms with E-state index < -0.39 is 0 Å². The molecule has 4 heteroatoms. The van der Waals surface area contributed by atoms with Gasteiger partial charge in [-0.1, -0.05) is 12.2 Å². The Bertz CT molecular complexity index is 499. The molecule has 0 aliphatic heterocycles. The summed E-state index contributed by atoms with van der Waals surface area (Å²) in [5.74, 6) is 0. The number of hydrogen-bond acceptors (Lipinski definition) is 3. The first kappa shape index (κ1) is 9.15. The topological polar surface area (TPSA) is 41.8 Å². The second-order valence-corrected chi connectivity index (χ2v) is 3.57. The standard InChI is InChI=1S/C10H10N2OS/c1-6-7(2)10(14)12-11-9(6)8-3-4-13-5-8/h3-5H,1-2H3,(H,12,14). The van der Waals surface area contributed by atoms with Crippen molar-refractivity contribution in [1.82, 2.24) is 10.2 Å². The molecule has 0 radical (unpaired) electrons. The fourth-order valence-corrected chi connectivity index (χ4v) is 1.50. The summed E-state index contributed by atoms with van der Waals surface area (Å²) in [5.41, 5.74) is 4.02. The molecule has 2 rings (SSSR count). The largest absolute Gasteiger partial charge is 0.472 e. The van der Waals surface area contributed by atoms with Crippen LogP contribution in [0.5, 0.6) is 0 Å². The summed E-state index contributed by atoms with van der Waals surface area (Å²) in [6, 6.07) is 1.88. The van der Waals surface area contributed by atoms with Crippen molar-refractivity contribution >= 4 is 12.2 Å². The molecule has 0 fully saturated rings. The first-order chi connectivity index (χ1) is 6.70. The summed E-state index contributed by atoms with van der Waals surface area (Å²) in [6.07, 6.45) is 3.30. The maximum absolute atomic E-state index is 5.09. The molecule has 0 saturated heterocycles. The van der Waals surface area contributed by atoms with Gasteiger partial charge in [0, 0.05) is 5.56 Å². The van der Waals surface area contributed by atoms with E-state index in [0.29, 0.717) is 4.64 Å². The summed E-state index contributed by atoms with van der Waals surface area (Å²) in [4.78, 5) is 0. The molecule has 2 aromatic heterocycles. The zero-order valence-electron chi connectivity index (χ0n) is 8.00. The van der Waals surface area contributed by atoms with Gasteiger partial charge < -0.3 is 4.42 Å². The lowest BCUT2D eigenvalue weighted by molar-refractivity contribution is 0.568. The number of furan rings is 1. The molecule has 0 unspecified atom stereocenters. The third kappa shape index (κ3) is 1.37. The van der Waals surface area contributed by atoms with Crippen molar-refractivity contribution in [3.8, 4) is 11.3 Å². The van der Waals surface area contributed by atoms with E-state index in [4.69, 9.17) is 16.6 Å². The van der Waals surface area contributed by atoms with Crippen LogP contribution in [0.1, 0.15) is 11.1 Å². The highest BCUT2D eigenvalue weighted by Crippen LogP contribution is 2.22. The van der Waals surface area contributed by atoms with Crippen molar-refractivity contribution < 1.29 is 4.42 Å². The molecule has 0 aliphatic carbocycles. The van der Waals surface area contributed by atoms with Gasteiger partial charge >= 0.3 is 0 Å². The van der Waals surface area contributed by atoms with E-state index in [0.717, 1.165) is 22.4 Å². The number of hydrogen-bond donors (Lipinski definition) is 1. The van der Waals surface area contributed by atoms with E-state index in [2.05, 4.69) is 10.2 Å². The maximum atomic E-state index is 5.09. The van der Waals surface area contributed by atoms with Gasteiger partial charge in [0.15, 0.2) is 0 Å². The van der Waals surface area contributed by atoms with Crippen LogP contribution >= 0.6 is 12.2 Å². The van der Waals surface area contributed by atoms with Crippen molar-refractivity contribution in [2.75, 3.05) is 0 Å². The smallest absolute Gasteiger partial charge is 0.122 e. The highest BCUT2D eigenvalue weighted by atomic mass is 32.1. The molecule has 2 aromatic rings. The van der Waals surface area contributed by atoms with Crippen LogP contribution in [0.2, 0.25) is 0 Å². The lowest BCUT2D eigenvalue weighted by Gasteiger charge is -2.04. The summed E-state index contributed by atoms with van der Waals surface area (Å²) in [5, 5.41) is 7.01. The van der Waals surface area contributed by atoms with E-state index in [9.17, 15) is 0 Å². The molecule has 2 heterocycles. The molecule has 0 atom stereocenters. The van der Waals surface area contributed by atoms with Crippen LogP contribution in [0.4, 0.5) is 0 Å². The second-order valence-electron chi connectivity index (χ2n) is 3.16. The minimum atomic E-state index is 0.690. The molecular weight excluding hydrogens is 196 g/mol. The van der Waals surface area contributed by atoms with Crippen LogP contribution in [0.25, 0.3) is 11.3 Å². The Kier molecular flexibility index (Phi) is 2.21. The third-order valence-corrected chi connectivity index (χ3v) is 2.72. The Balaban J connectivity index is 2.67. The Morgan fingerprint density at radius 1 is 1.36 bits per heavy atom. The third-order valence-electron chi connectivity index (χ3n) is 2.32. The predicted octanol–water partition coefficient (Wildman–Crippen LogP) is 3.02. The zero-order valence-corrected chi connectivity index (χ0v) is 8.81. The van der Waals surface area contributed by atoms with Gasteiger partial charge in [-0.05, 0) is 31.0 Å². The fraction of sp³-hybridized carbons (Fsp3) is 0.200. The van der Waals surface area contributed by atoms with Crippen LogP contribution in [0.15, 0.2) is 23.0 Å². The molecule has 0 saturated carbocycles. The summed E-state index contributed by atoms with van der Waals surface area (Å²) in [6.45, 7) is 3.99. The Hall–Kier alpha value is -1.42. The number of aromatic amines is 1. The van der Waals surface area contributed by atoms with Crippen LogP contribution in [-0.4, -0.2) is 10.2 Å². The van der Waals surface area contributed by atoms with E-state index >= 15 is 0 Å². The fourth-order valence-electron chi connectivity index (χ4n) is 1.30. The van der Waals surface area contributed by atoms with Gasteiger partial charge in [0.1, 0.15) is 4.64 Å². The minimum absolute atomic E-state index is 0.690. The first-order valence-corrected chi connectivity index (χ1v) is 4.69.